The highest BCUT2D eigenvalue weighted by atomic mass is 35.5. The average Bonchev–Trinajstić information content (AvgIpc) is 2.83. The largest absolute Gasteiger partial charge is 0.286 e. The summed E-state index contributed by atoms with van der Waals surface area (Å²) in [5.41, 5.74) is 2.64. The number of carbonyl (C=O) groups is 1. The van der Waals surface area contributed by atoms with E-state index in [-0.39, 0.29) is 5.91 Å². The first kappa shape index (κ1) is 18.1. The molecule has 0 radical (unpaired) electrons. The fourth-order valence-electron chi connectivity index (χ4n) is 2.12. The van der Waals surface area contributed by atoms with Gasteiger partial charge in [0.05, 0.1) is 21.2 Å². The van der Waals surface area contributed by atoms with Gasteiger partial charge in [-0.15, -0.1) is 0 Å². The van der Waals surface area contributed by atoms with Gasteiger partial charge in [-0.1, -0.05) is 70.9 Å². The number of hydrogen-bond donors (Lipinski definition) is 0. The topological polar surface area (TPSA) is 32.7 Å². The fourth-order valence-corrected chi connectivity index (χ4v) is 3.79. The number of aryl methyl sites for hydroxylation is 1. The minimum Gasteiger partial charge on any atom is -0.266 e. The van der Waals surface area contributed by atoms with E-state index in [2.05, 4.69) is 5.10 Å². The van der Waals surface area contributed by atoms with Gasteiger partial charge >= 0.3 is 0 Å². The molecule has 0 aliphatic carbocycles. The van der Waals surface area contributed by atoms with Crippen LogP contribution in [0.3, 0.4) is 0 Å². The van der Waals surface area contributed by atoms with Crippen molar-refractivity contribution < 1.29 is 4.79 Å². The normalized spacial score (nSPS) is 16.4. The number of benzene rings is 2. The minimum absolute atomic E-state index is 0.269. The number of hydrazone groups is 1. The van der Waals surface area contributed by atoms with Crippen LogP contribution >= 0.6 is 47.2 Å². The van der Waals surface area contributed by atoms with Gasteiger partial charge in [0.1, 0.15) is 0 Å². The lowest BCUT2D eigenvalue weighted by molar-refractivity contribution is -0.122. The zero-order valence-corrected chi connectivity index (χ0v) is 16.2. The highest BCUT2D eigenvalue weighted by Crippen LogP contribution is 2.33. The Morgan fingerprint density at radius 2 is 1.76 bits per heavy atom. The molecule has 3 rings (SSSR count). The van der Waals surface area contributed by atoms with Crippen LogP contribution < -0.4 is 0 Å². The highest BCUT2D eigenvalue weighted by Gasteiger charge is 2.32. The Morgan fingerprint density at radius 1 is 1.12 bits per heavy atom. The Hall–Kier alpha value is -1.66. The van der Waals surface area contributed by atoms with Crippen molar-refractivity contribution in [3.8, 4) is 0 Å². The van der Waals surface area contributed by atoms with E-state index in [0.29, 0.717) is 24.8 Å². The van der Waals surface area contributed by atoms with Crippen LogP contribution in [0.1, 0.15) is 16.7 Å². The molecule has 1 aliphatic heterocycles. The summed E-state index contributed by atoms with van der Waals surface area (Å²) in [7, 11) is 0. The zero-order chi connectivity index (χ0) is 18.0. The molecule has 1 aliphatic rings. The molecule has 0 atom stereocenters. The van der Waals surface area contributed by atoms with Gasteiger partial charge in [-0.2, -0.15) is 10.1 Å². The monoisotopic (exact) mass is 406 g/mol. The number of halogens is 2. The molecule has 126 valence electrons. The van der Waals surface area contributed by atoms with E-state index in [9.17, 15) is 4.79 Å². The number of hydrogen-bond acceptors (Lipinski definition) is 4. The van der Waals surface area contributed by atoms with Crippen molar-refractivity contribution >= 4 is 69.7 Å². The predicted octanol–water partition coefficient (Wildman–Crippen LogP) is 5.54. The Kier molecular flexibility index (Phi) is 5.59. The van der Waals surface area contributed by atoms with E-state index in [0.717, 1.165) is 11.1 Å². The average molecular weight is 407 g/mol. The molecular formula is C18H12Cl2N2OS2. The third-order valence-corrected chi connectivity index (χ3v) is 5.39. The van der Waals surface area contributed by atoms with E-state index in [4.69, 9.17) is 35.4 Å². The Labute approximate surface area is 165 Å². The van der Waals surface area contributed by atoms with Crippen LogP contribution in [0.25, 0.3) is 6.08 Å². The first-order valence-electron chi connectivity index (χ1n) is 7.28. The van der Waals surface area contributed by atoms with E-state index in [1.54, 1.807) is 24.3 Å². The lowest BCUT2D eigenvalue weighted by Crippen LogP contribution is -2.22. The molecule has 2 aromatic rings. The molecule has 1 saturated heterocycles. The molecule has 25 heavy (non-hydrogen) atoms. The first-order chi connectivity index (χ1) is 12.0. The molecule has 0 unspecified atom stereocenters. The molecule has 7 heteroatoms. The SMILES string of the molecule is Cc1ccc(/C=C2/SC(=S)N(/N=C/c3c(Cl)cccc3Cl)C2=O)cc1. The zero-order valence-electron chi connectivity index (χ0n) is 13.1. The molecule has 1 heterocycles. The van der Waals surface area contributed by atoms with Crippen LogP contribution in [0, 0.1) is 6.92 Å². The number of amides is 1. The smallest absolute Gasteiger partial charge is 0.266 e. The first-order valence-corrected chi connectivity index (χ1v) is 9.26. The molecule has 0 aromatic heterocycles. The standard InChI is InChI=1S/C18H12Cl2N2OS2/c1-11-5-7-12(8-6-11)9-16-17(23)22(18(24)25-16)21-10-13-14(19)3-2-4-15(13)20/h2-10H,1H3/b16-9+,21-10+. The number of rotatable bonds is 3. The summed E-state index contributed by atoms with van der Waals surface area (Å²) >= 11 is 18.7. The molecule has 1 amide bonds. The lowest BCUT2D eigenvalue weighted by Gasteiger charge is -2.07. The third-order valence-electron chi connectivity index (χ3n) is 3.45. The molecule has 3 nitrogen and oxygen atoms in total. The van der Waals surface area contributed by atoms with Gasteiger partial charge < -0.3 is 0 Å². The fraction of sp³-hybridized carbons (Fsp3) is 0.0556. The van der Waals surface area contributed by atoms with Crippen LogP contribution in [-0.2, 0) is 4.79 Å². The molecule has 0 saturated carbocycles. The van der Waals surface area contributed by atoms with Crippen LogP contribution in [0.4, 0.5) is 0 Å². The number of thiocarbonyl (C=S) groups is 1. The van der Waals surface area contributed by atoms with Crippen molar-refractivity contribution in [3.05, 3.63) is 74.1 Å². The van der Waals surface area contributed by atoms with Crippen LogP contribution in [-0.4, -0.2) is 21.5 Å². The number of carbonyl (C=O) groups excluding carboxylic acids is 1. The molecule has 0 bridgehead atoms. The van der Waals surface area contributed by atoms with Crippen molar-refractivity contribution in [2.45, 2.75) is 6.92 Å². The van der Waals surface area contributed by atoms with Gasteiger partial charge in [-0.3, -0.25) is 4.79 Å². The summed E-state index contributed by atoms with van der Waals surface area (Å²) in [6.45, 7) is 2.01. The molecule has 2 aromatic carbocycles. The Morgan fingerprint density at radius 3 is 2.40 bits per heavy atom. The summed E-state index contributed by atoms with van der Waals surface area (Å²) in [5.74, 6) is -0.269. The highest BCUT2D eigenvalue weighted by molar-refractivity contribution is 8.26. The summed E-state index contributed by atoms with van der Waals surface area (Å²) in [6.07, 6.45) is 3.25. The summed E-state index contributed by atoms with van der Waals surface area (Å²) in [5, 5.41) is 6.26. The summed E-state index contributed by atoms with van der Waals surface area (Å²) in [6, 6.07) is 13.0. The molecule has 0 spiro atoms. The van der Waals surface area contributed by atoms with Crippen molar-refractivity contribution in [2.24, 2.45) is 5.10 Å². The summed E-state index contributed by atoms with van der Waals surface area (Å²) in [4.78, 5) is 13.1. The second kappa shape index (κ2) is 7.70. The third kappa shape index (κ3) is 4.12. The summed E-state index contributed by atoms with van der Waals surface area (Å²) < 4.78 is 0.364. The molecule has 0 N–H and O–H groups in total. The second-order valence-electron chi connectivity index (χ2n) is 5.28. The molecule has 1 fully saturated rings. The Balaban J connectivity index is 1.84. The van der Waals surface area contributed by atoms with E-state index < -0.39 is 0 Å². The van der Waals surface area contributed by atoms with Crippen molar-refractivity contribution in [3.63, 3.8) is 0 Å². The maximum Gasteiger partial charge on any atom is 0.286 e. The minimum atomic E-state index is -0.269. The Bertz CT molecular complexity index is 888. The second-order valence-corrected chi connectivity index (χ2v) is 7.77. The number of thioether (sulfide) groups is 1. The quantitative estimate of drug-likeness (QED) is 0.381. The van der Waals surface area contributed by atoms with E-state index in [1.165, 1.54) is 23.0 Å². The van der Waals surface area contributed by atoms with Crippen molar-refractivity contribution in [2.75, 3.05) is 0 Å². The van der Waals surface area contributed by atoms with Gasteiger partial charge in [-0.05, 0) is 42.9 Å². The van der Waals surface area contributed by atoms with E-state index in [1.807, 2.05) is 31.2 Å². The van der Waals surface area contributed by atoms with Gasteiger partial charge in [-0.25, -0.2) is 0 Å². The van der Waals surface area contributed by atoms with Crippen LogP contribution in [0.15, 0.2) is 52.5 Å². The maximum atomic E-state index is 12.5. The maximum absolute atomic E-state index is 12.5. The van der Waals surface area contributed by atoms with E-state index >= 15 is 0 Å². The van der Waals surface area contributed by atoms with Gasteiger partial charge in [0.2, 0.25) is 0 Å². The van der Waals surface area contributed by atoms with Crippen LogP contribution in [0.5, 0.6) is 0 Å². The van der Waals surface area contributed by atoms with Crippen molar-refractivity contribution in [1.29, 1.82) is 0 Å². The van der Waals surface area contributed by atoms with Crippen LogP contribution in [0.2, 0.25) is 10.0 Å². The van der Waals surface area contributed by atoms with Crippen molar-refractivity contribution in [1.82, 2.24) is 5.01 Å². The van der Waals surface area contributed by atoms with Gasteiger partial charge in [0.25, 0.3) is 5.91 Å². The lowest BCUT2D eigenvalue weighted by atomic mass is 10.1. The number of nitrogens with zero attached hydrogens (tertiary/aromatic N) is 2. The predicted molar refractivity (Wildman–Crippen MR) is 110 cm³/mol. The van der Waals surface area contributed by atoms with Gasteiger partial charge in [0, 0.05) is 5.56 Å². The molecular weight excluding hydrogens is 395 g/mol. The van der Waals surface area contributed by atoms with Gasteiger partial charge in [0.15, 0.2) is 4.32 Å².